The summed E-state index contributed by atoms with van der Waals surface area (Å²) in [6.07, 6.45) is 3.10. The molecule has 15 heavy (non-hydrogen) atoms. The number of nitrogens with zero attached hydrogens (tertiary/aromatic N) is 2. The Kier molecular flexibility index (Phi) is 2.18. The van der Waals surface area contributed by atoms with Crippen molar-refractivity contribution in [2.24, 2.45) is 0 Å². The van der Waals surface area contributed by atoms with Crippen LogP contribution < -0.4 is 5.56 Å². The molecule has 1 aromatic heterocycles. The van der Waals surface area contributed by atoms with E-state index in [9.17, 15) is 20.1 Å². The average Bonchev–Trinajstić information content (AvgIpc) is 2.23. The monoisotopic (exact) mass is 210 g/mol. The van der Waals surface area contributed by atoms with Crippen LogP contribution in [0.5, 0.6) is 0 Å². The molecule has 2 rings (SSSR count). The number of hydrogen-bond donors (Lipinski definition) is 1. The second kappa shape index (κ2) is 3.38. The van der Waals surface area contributed by atoms with Crippen molar-refractivity contribution in [1.29, 1.82) is 0 Å². The van der Waals surface area contributed by atoms with Crippen molar-refractivity contribution in [3.63, 3.8) is 0 Å². The highest BCUT2D eigenvalue weighted by Gasteiger charge is 2.22. The molecule has 80 valence electrons. The predicted octanol–water partition coefficient (Wildman–Crippen LogP) is 0.873. The van der Waals surface area contributed by atoms with Crippen molar-refractivity contribution >= 4 is 5.69 Å². The van der Waals surface area contributed by atoms with E-state index < -0.39 is 16.2 Å². The highest BCUT2D eigenvalue weighted by atomic mass is 16.6. The molecular weight excluding hydrogens is 200 g/mol. The molecule has 0 aliphatic heterocycles. The van der Waals surface area contributed by atoms with Crippen molar-refractivity contribution in [3.8, 4) is 0 Å². The van der Waals surface area contributed by atoms with Gasteiger partial charge in [0.1, 0.15) is 0 Å². The van der Waals surface area contributed by atoms with Crippen LogP contribution in [0.1, 0.15) is 24.1 Å². The maximum atomic E-state index is 11.4. The Balaban J connectivity index is 2.68. The van der Waals surface area contributed by atoms with Gasteiger partial charge in [-0.1, -0.05) is 0 Å². The van der Waals surface area contributed by atoms with Gasteiger partial charge in [0.15, 0.2) is 0 Å². The Morgan fingerprint density at radius 2 is 2.07 bits per heavy atom. The summed E-state index contributed by atoms with van der Waals surface area (Å²) in [5, 5.41) is 20.0. The number of nitro groups is 1. The fraction of sp³-hybridized carbons (Fsp3) is 0.444. The summed E-state index contributed by atoms with van der Waals surface area (Å²) >= 11 is 0. The lowest BCUT2D eigenvalue weighted by Gasteiger charge is -2.16. The Labute approximate surface area is 84.9 Å². The molecule has 0 spiro atoms. The first-order valence-corrected chi connectivity index (χ1v) is 4.72. The summed E-state index contributed by atoms with van der Waals surface area (Å²) in [6, 6.07) is 1.28. The van der Waals surface area contributed by atoms with Gasteiger partial charge in [-0.05, 0) is 31.2 Å². The summed E-state index contributed by atoms with van der Waals surface area (Å²) < 4.78 is 0.423. The molecule has 1 aromatic rings. The third-order valence-electron chi connectivity index (χ3n) is 2.66. The number of aryl methyl sites for hydroxylation is 1. The van der Waals surface area contributed by atoms with Gasteiger partial charge in [0.25, 0.3) is 0 Å². The number of rotatable bonds is 1. The van der Waals surface area contributed by atoms with E-state index in [4.69, 9.17) is 0 Å². The highest BCUT2D eigenvalue weighted by molar-refractivity contribution is 5.36. The van der Waals surface area contributed by atoms with E-state index in [0.29, 0.717) is 28.8 Å². The molecule has 0 aromatic carbocycles. The van der Waals surface area contributed by atoms with Crippen molar-refractivity contribution in [2.45, 2.75) is 25.7 Å². The van der Waals surface area contributed by atoms with Gasteiger partial charge >= 0.3 is 11.2 Å². The first-order valence-electron chi connectivity index (χ1n) is 4.72. The highest BCUT2D eigenvalue weighted by Crippen LogP contribution is 2.21. The van der Waals surface area contributed by atoms with Gasteiger partial charge in [-0.15, -0.1) is 4.73 Å². The van der Waals surface area contributed by atoms with E-state index in [1.807, 2.05) is 0 Å². The van der Waals surface area contributed by atoms with Crippen LogP contribution >= 0.6 is 0 Å². The molecule has 0 unspecified atom stereocenters. The van der Waals surface area contributed by atoms with E-state index in [1.54, 1.807) is 0 Å². The summed E-state index contributed by atoms with van der Waals surface area (Å²) in [6.45, 7) is 0. The Bertz CT molecular complexity index is 478. The second-order valence-electron chi connectivity index (χ2n) is 3.58. The molecule has 6 nitrogen and oxygen atoms in total. The minimum Gasteiger partial charge on any atom is -0.425 e. The van der Waals surface area contributed by atoms with E-state index >= 15 is 0 Å². The zero-order valence-electron chi connectivity index (χ0n) is 7.97. The first kappa shape index (κ1) is 9.70. The topological polar surface area (TPSA) is 85.4 Å². The van der Waals surface area contributed by atoms with Crippen LogP contribution in [-0.4, -0.2) is 14.9 Å². The number of aromatic nitrogens is 1. The summed E-state index contributed by atoms with van der Waals surface area (Å²) in [5.74, 6) is 0. The van der Waals surface area contributed by atoms with Crippen LogP contribution in [0.15, 0.2) is 10.9 Å². The van der Waals surface area contributed by atoms with Crippen molar-refractivity contribution in [2.75, 3.05) is 0 Å². The summed E-state index contributed by atoms with van der Waals surface area (Å²) in [5.41, 5.74) is -0.286. The lowest BCUT2D eigenvalue weighted by atomic mass is 9.96. The first-order chi connectivity index (χ1) is 7.11. The van der Waals surface area contributed by atoms with Gasteiger partial charge in [-0.2, -0.15) is 0 Å². The minimum atomic E-state index is -0.944. The zero-order chi connectivity index (χ0) is 11.0. The van der Waals surface area contributed by atoms with Gasteiger partial charge < -0.3 is 5.21 Å². The van der Waals surface area contributed by atoms with Crippen molar-refractivity contribution in [3.05, 3.63) is 37.8 Å². The maximum Gasteiger partial charge on any atom is 0.361 e. The molecule has 0 radical (unpaired) electrons. The van der Waals surface area contributed by atoms with E-state index in [1.165, 1.54) is 6.07 Å². The van der Waals surface area contributed by atoms with Crippen LogP contribution in [0.3, 0.4) is 0 Å². The lowest BCUT2D eigenvalue weighted by molar-refractivity contribution is -0.387. The number of hydrogen-bond acceptors (Lipinski definition) is 4. The van der Waals surface area contributed by atoms with E-state index in [2.05, 4.69) is 0 Å². The molecule has 0 amide bonds. The van der Waals surface area contributed by atoms with Crippen LogP contribution in [-0.2, 0) is 12.8 Å². The molecule has 1 N–H and O–H groups in total. The predicted molar refractivity (Wildman–Crippen MR) is 51.2 cm³/mol. The third-order valence-corrected chi connectivity index (χ3v) is 2.66. The Morgan fingerprint density at radius 3 is 2.73 bits per heavy atom. The van der Waals surface area contributed by atoms with Gasteiger partial charge in [0.05, 0.1) is 10.6 Å². The van der Waals surface area contributed by atoms with Crippen LogP contribution in [0.4, 0.5) is 5.69 Å². The molecule has 1 heterocycles. The smallest absolute Gasteiger partial charge is 0.361 e. The Morgan fingerprint density at radius 1 is 1.40 bits per heavy atom. The molecule has 1 aliphatic carbocycles. The van der Waals surface area contributed by atoms with Crippen LogP contribution in [0.25, 0.3) is 0 Å². The molecule has 1 aliphatic rings. The number of pyridine rings is 1. The summed E-state index contributed by atoms with van der Waals surface area (Å²) in [4.78, 5) is 21.1. The van der Waals surface area contributed by atoms with Gasteiger partial charge in [0, 0.05) is 6.07 Å². The van der Waals surface area contributed by atoms with Crippen LogP contribution in [0.2, 0.25) is 0 Å². The normalized spacial score (nSPS) is 14.7. The summed E-state index contributed by atoms with van der Waals surface area (Å²) in [7, 11) is 0. The number of fused-ring (bicyclic) bond motifs is 1. The standard InChI is InChI=1S/C9H10N2O4/c12-9-8(11(14)15)5-6-3-1-2-4-7(6)10(9)13/h5,13H,1-4H2. The Hall–Kier alpha value is -1.85. The van der Waals surface area contributed by atoms with E-state index in [-0.39, 0.29) is 0 Å². The fourth-order valence-corrected chi connectivity index (χ4v) is 1.90. The van der Waals surface area contributed by atoms with Gasteiger partial charge in [-0.25, -0.2) is 0 Å². The quantitative estimate of drug-likeness (QED) is 0.423. The van der Waals surface area contributed by atoms with Gasteiger partial charge in [-0.3, -0.25) is 14.9 Å². The molecule has 0 atom stereocenters. The maximum absolute atomic E-state index is 11.4. The molecule has 0 bridgehead atoms. The van der Waals surface area contributed by atoms with Gasteiger partial charge in [0.2, 0.25) is 0 Å². The zero-order valence-corrected chi connectivity index (χ0v) is 7.97. The molecule has 0 saturated heterocycles. The fourth-order valence-electron chi connectivity index (χ4n) is 1.90. The van der Waals surface area contributed by atoms with Crippen molar-refractivity contribution in [1.82, 2.24) is 4.73 Å². The third kappa shape index (κ3) is 1.47. The van der Waals surface area contributed by atoms with E-state index in [0.717, 1.165) is 12.8 Å². The molecule has 0 fully saturated rings. The lowest BCUT2D eigenvalue weighted by Crippen LogP contribution is -2.26. The second-order valence-corrected chi connectivity index (χ2v) is 3.58. The SMILES string of the molecule is O=c1c([N+](=O)[O-])cc2c(n1O)CCCC2. The molecule has 6 heteroatoms. The van der Waals surface area contributed by atoms with Crippen molar-refractivity contribution < 1.29 is 10.1 Å². The minimum absolute atomic E-state index is 0.423. The van der Waals surface area contributed by atoms with Crippen LogP contribution in [0, 0.1) is 10.1 Å². The molecular formula is C9H10N2O4. The largest absolute Gasteiger partial charge is 0.425 e. The average molecular weight is 210 g/mol. The molecule has 0 saturated carbocycles.